The number of rotatable bonds is 4. The van der Waals surface area contributed by atoms with Crippen molar-refractivity contribution in [2.24, 2.45) is 0 Å². The van der Waals surface area contributed by atoms with Gasteiger partial charge in [0.15, 0.2) is 0 Å². The minimum absolute atomic E-state index is 0.0238. The summed E-state index contributed by atoms with van der Waals surface area (Å²) in [5.74, 6) is 0. The van der Waals surface area contributed by atoms with Crippen LogP contribution in [0.3, 0.4) is 0 Å². The number of benzene rings is 1. The molecule has 0 aliphatic heterocycles. The van der Waals surface area contributed by atoms with Gasteiger partial charge in [-0.05, 0) is 19.1 Å². The van der Waals surface area contributed by atoms with Gasteiger partial charge in [-0.2, -0.15) is 13.2 Å². The highest BCUT2D eigenvalue weighted by atomic mass is 35.5. The van der Waals surface area contributed by atoms with Crippen LogP contribution in [-0.4, -0.2) is 17.1 Å². The van der Waals surface area contributed by atoms with Crippen molar-refractivity contribution >= 4 is 23.0 Å². The van der Waals surface area contributed by atoms with Gasteiger partial charge in [-0.1, -0.05) is 17.7 Å². The summed E-state index contributed by atoms with van der Waals surface area (Å²) in [5.41, 5.74) is -0.447. The Morgan fingerprint density at radius 2 is 2.11 bits per heavy atom. The van der Waals surface area contributed by atoms with E-state index in [0.717, 1.165) is 0 Å². The maximum Gasteiger partial charge on any atom is 0.391 e. The Morgan fingerprint density at radius 1 is 1.50 bits per heavy atom. The van der Waals surface area contributed by atoms with Crippen LogP contribution in [0.4, 0.5) is 24.5 Å². The molecule has 1 aromatic carbocycles. The molecule has 1 rings (SSSR count). The lowest BCUT2D eigenvalue weighted by Gasteiger charge is -2.17. The zero-order chi connectivity index (χ0) is 13.9. The molecule has 4 nitrogen and oxygen atoms in total. The topological polar surface area (TPSA) is 55.2 Å². The highest BCUT2D eigenvalue weighted by Crippen LogP contribution is 2.33. The fraction of sp³-hybridized carbons (Fsp3) is 0.400. The van der Waals surface area contributed by atoms with Gasteiger partial charge in [-0.15, -0.1) is 0 Å². The Balaban J connectivity index is 2.91. The van der Waals surface area contributed by atoms with Crippen LogP contribution in [0.2, 0.25) is 5.02 Å². The van der Waals surface area contributed by atoms with Crippen molar-refractivity contribution in [3.05, 3.63) is 33.3 Å². The second-order valence-electron chi connectivity index (χ2n) is 3.76. The predicted molar refractivity (Wildman–Crippen MR) is 61.9 cm³/mol. The molecule has 0 aliphatic carbocycles. The molecule has 0 bridgehead atoms. The molecule has 1 unspecified atom stereocenters. The van der Waals surface area contributed by atoms with Gasteiger partial charge in [0, 0.05) is 6.04 Å². The standard InChI is InChI=1S/C10H10ClF3N2O2/c1-6(5-10(12,13)14)15-8-4-2-3-7(11)9(8)16(17)18/h2-4,6,15H,5H2,1H3. The fourth-order valence-electron chi connectivity index (χ4n) is 1.48. The molecule has 0 heterocycles. The van der Waals surface area contributed by atoms with Crippen LogP contribution >= 0.6 is 11.6 Å². The van der Waals surface area contributed by atoms with E-state index < -0.39 is 29.2 Å². The summed E-state index contributed by atoms with van der Waals surface area (Å²) in [6, 6.07) is 3.07. The van der Waals surface area contributed by atoms with Gasteiger partial charge < -0.3 is 5.32 Å². The third kappa shape index (κ3) is 4.06. The lowest BCUT2D eigenvalue weighted by Crippen LogP contribution is -2.24. The lowest BCUT2D eigenvalue weighted by atomic mass is 10.2. The largest absolute Gasteiger partial charge is 0.391 e. The van der Waals surface area contributed by atoms with Crippen LogP contribution in [0.1, 0.15) is 13.3 Å². The van der Waals surface area contributed by atoms with E-state index in [1.54, 1.807) is 0 Å². The van der Waals surface area contributed by atoms with E-state index >= 15 is 0 Å². The number of nitrogens with one attached hydrogen (secondary N) is 1. The van der Waals surface area contributed by atoms with Crippen molar-refractivity contribution in [1.29, 1.82) is 0 Å². The van der Waals surface area contributed by atoms with Crippen molar-refractivity contribution in [2.75, 3.05) is 5.32 Å². The number of anilines is 1. The van der Waals surface area contributed by atoms with Crippen molar-refractivity contribution in [1.82, 2.24) is 0 Å². The summed E-state index contributed by atoms with van der Waals surface area (Å²) in [6.07, 6.45) is -5.42. The minimum atomic E-state index is -4.33. The Kier molecular flexibility index (Phi) is 4.39. The zero-order valence-electron chi connectivity index (χ0n) is 9.29. The average Bonchev–Trinajstić information content (AvgIpc) is 2.13. The number of halogens is 4. The van der Waals surface area contributed by atoms with Crippen molar-refractivity contribution < 1.29 is 18.1 Å². The maximum atomic E-state index is 12.1. The first-order chi connectivity index (χ1) is 8.20. The van der Waals surface area contributed by atoms with Gasteiger partial charge in [0.25, 0.3) is 0 Å². The molecule has 8 heteroatoms. The van der Waals surface area contributed by atoms with Gasteiger partial charge >= 0.3 is 11.9 Å². The molecule has 100 valence electrons. The summed E-state index contributed by atoms with van der Waals surface area (Å²) in [4.78, 5) is 10.0. The molecular formula is C10H10ClF3N2O2. The third-order valence-corrected chi connectivity index (χ3v) is 2.41. The Bertz CT molecular complexity index is 451. The van der Waals surface area contributed by atoms with E-state index in [2.05, 4.69) is 5.32 Å². The molecule has 0 aliphatic rings. The van der Waals surface area contributed by atoms with Gasteiger partial charge in [0.2, 0.25) is 0 Å². The maximum absolute atomic E-state index is 12.1. The van der Waals surface area contributed by atoms with Crippen LogP contribution in [0.25, 0.3) is 0 Å². The molecule has 1 atom stereocenters. The number of nitro groups is 1. The smallest absolute Gasteiger partial charge is 0.377 e. The summed E-state index contributed by atoms with van der Waals surface area (Å²) >= 11 is 5.64. The van der Waals surface area contributed by atoms with Crippen LogP contribution in [0, 0.1) is 10.1 Å². The molecule has 0 aromatic heterocycles. The van der Waals surface area contributed by atoms with Crippen molar-refractivity contribution in [2.45, 2.75) is 25.6 Å². The predicted octanol–water partition coefficient (Wildman–Crippen LogP) is 4.00. The zero-order valence-corrected chi connectivity index (χ0v) is 10.0. The highest BCUT2D eigenvalue weighted by Gasteiger charge is 2.31. The first-order valence-electron chi connectivity index (χ1n) is 4.97. The summed E-state index contributed by atoms with van der Waals surface area (Å²) in [6.45, 7) is 1.29. The van der Waals surface area contributed by atoms with Crippen LogP contribution in [0.15, 0.2) is 18.2 Å². The number of hydrogen-bond acceptors (Lipinski definition) is 3. The van der Waals surface area contributed by atoms with E-state index in [1.807, 2.05) is 0 Å². The minimum Gasteiger partial charge on any atom is -0.377 e. The first kappa shape index (κ1) is 14.6. The average molecular weight is 283 g/mol. The van der Waals surface area contributed by atoms with Gasteiger partial charge in [-0.25, -0.2) is 0 Å². The van der Waals surface area contributed by atoms with Crippen LogP contribution < -0.4 is 5.32 Å². The Labute approximate surface area is 106 Å². The van der Waals surface area contributed by atoms with Crippen molar-refractivity contribution in [3.8, 4) is 0 Å². The Morgan fingerprint density at radius 3 is 2.61 bits per heavy atom. The van der Waals surface area contributed by atoms with Crippen molar-refractivity contribution in [3.63, 3.8) is 0 Å². The number of nitrogens with zero attached hydrogens (tertiary/aromatic N) is 1. The second-order valence-corrected chi connectivity index (χ2v) is 4.16. The molecule has 0 amide bonds. The fourth-order valence-corrected chi connectivity index (χ4v) is 1.72. The van der Waals surface area contributed by atoms with Crippen LogP contribution in [-0.2, 0) is 0 Å². The molecule has 0 saturated carbocycles. The number of para-hydroxylation sites is 1. The first-order valence-corrected chi connectivity index (χ1v) is 5.34. The van der Waals surface area contributed by atoms with Gasteiger partial charge in [0.1, 0.15) is 10.7 Å². The van der Waals surface area contributed by atoms with E-state index in [4.69, 9.17) is 11.6 Å². The molecule has 0 saturated heterocycles. The monoisotopic (exact) mass is 282 g/mol. The summed E-state index contributed by atoms with van der Waals surface area (Å²) in [7, 11) is 0. The molecule has 0 fully saturated rings. The van der Waals surface area contributed by atoms with E-state index in [1.165, 1.54) is 25.1 Å². The van der Waals surface area contributed by atoms with Crippen LogP contribution in [0.5, 0.6) is 0 Å². The summed E-state index contributed by atoms with van der Waals surface area (Å²) < 4.78 is 36.4. The molecule has 18 heavy (non-hydrogen) atoms. The second kappa shape index (κ2) is 5.43. The Hall–Kier alpha value is -1.50. The molecule has 1 N–H and O–H groups in total. The van der Waals surface area contributed by atoms with E-state index in [9.17, 15) is 23.3 Å². The highest BCUT2D eigenvalue weighted by molar-refractivity contribution is 6.33. The molecule has 1 aromatic rings. The normalized spacial score (nSPS) is 13.2. The number of alkyl halides is 3. The molecule has 0 radical (unpaired) electrons. The number of nitro benzene ring substituents is 1. The van der Waals surface area contributed by atoms with E-state index in [-0.39, 0.29) is 10.7 Å². The SMILES string of the molecule is CC(CC(F)(F)F)Nc1cccc(Cl)c1[N+](=O)[O-]. The van der Waals surface area contributed by atoms with Gasteiger partial charge in [-0.3, -0.25) is 10.1 Å². The summed E-state index contributed by atoms with van der Waals surface area (Å²) in [5, 5.41) is 13.1. The number of hydrogen-bond donors (Lipinski definition) is 1. The van der Waals surface area contributed by atoms with E-state index in [0.29, 0.717) is 0 Å². The lowest BCUT2D eigenvalue weighted by molar-refractivity contribution is -0.383. The molecule has 0 spiro atoms. The quantitative estimate of drug-likeness (QED) is 0.671. The molecular weight excluding hydrogens is 273 g/mol. The van der Waals surface area contributed by atoms with Gasteiger partial charge in [0.05, 0.1) is 11.3 Å². The third-order valence-electron chi connectivity index (χ3n) is 2.11.